The monoisotopic (exact) mass is 413 g/mol. The molecule has 0 aliphatic carbocycles. The molecule has 0 unspecified atom stereocenters. The summed E-state index contributed by atoms with van der Waals surface area (Å²) in [5.41, 5.74) is 0.163. The number of benzene rings is 2. The molecular weight excluding hydrogens is 401 g/mol. The van der Waals surface area contributed by atoms with Crippen LogP contribution in [0.25, 0.3) is 11.0 Å². The van der Waals surface area contributed by atoms with Gasteiger partial charge in [0.15, 0.2) is 11.7 Å². The van der Waals surface area contributed by atoms with E-state index in [9.17, 15) is 5.11 Å². The number of hydrogen-bond donors (Lipinski definition) is 1. The normalized spacial score (nSPS) is 21.3. The van der Waals surface area contributed by atoms with Gasteiger partial charge in [-0.15, -0.1) is 0 Å². The van der Waals surface area contributed by atoms with Crippen LogP contribution in [0.2, 0.25) is 15.1 Å². The van der Waals surface area contributed by atoms with Crippen molar-refractivity contribution in [2.24, 2.45) is 0 Å². The van der Waals surface area contributed by atoms with Crippen LogP contribution in [0.5, 0.6) is 11.6 Å². The molecule has 0 fully saturated rings. The van der Waals surface area contributed by atoms with Crippen LogP contribution in [0, 0.1) is 0 Å². The van der Waals surface area contributed by atoms with Crippen LogP contribution in [-0.4, -0.2) is 22.0 Å². The first-order valence-corrected chi connectivity index (χ1v) is 8.97. The summed E-state index contributed by atoms with van der Waals surface area (Å²) in [6.07, 6.45) is -1.75. The van der Waals surface area contributed by atoms with Crippen molar-refractivity contribution in [1.29, 1.82) is 0 Å². The van der Waals surface area contributed by atoms with Crippen molar-refractivity contribution in [3.05, 3.63) is 51.0 Å². The third-order valence-corrected chi connectivity index (χ3v) is 5.33. The second-order valence-corrected chi connectivity index (χ2v) is 7.87. The fourth-order valence-electron chi connectivity index (χ4n) is 2.95. The maximum atomic E-state index is 10.8. The summed E-state index contributed by atoms with van der Waals surface area (Å²) in [7, 11) is 0. The van der Waals surface area contributed by atoms with Crippen LogP contribution in [0.1, 0.15) is 25.5 Å². The van der Waals surface area contributed by atoms with Crippen molar-refractivity contribution >= 4 is 45.8 Å². The van der Waals surface area contributed by atoms with Gasteiger partial charge in [0.2, 0.25) is 0 Å². The minimum atomic E-state index is -0.980. The van der Waals surface area contributed by atoms with Gasteiger partial charge in [0.25, 0.3) is 5.88 Å². The fourth-order valence-corrected chi connectivity index (χ4v) is 3.44. The molecule has 2 atom stereocenters. The Hall–Kier alpha value is -1.66. The molecule has 2 heterocycles. The summed E-state index contributed by atoms with van der Waals surface area (Å²) in [5, 5.41) is 16.6. The first kappa shape index (κ1) is 17.7. The van der Waals surface area contributed by atoms with E-state index < -0.39 is 17.8 Å². The van der Waals surface area contributed by atoms with Gasteiger partial charge in [-0.3, -0.25) is 0 Å². The lowest BCUT2D eigenvalue weighted by molar-refractivity contribution is -0.104. The first-order valence-electron chi connectivity index (χ1n) is 7.84. The topological polar surface area (TPSA) is 64.7 Å². The van der Waals surface area contributed by atoms with Gasteiger partial charge in [-0.2, -0.15) is 0 Å². The molecule has 1 aliphatic rings. The maximum absolute atomic E-state index is 10.8. The number of aliphatic hydroxyl groups excluding tert-OH is 1. The Balaban J connectivity index is 1.80. The van der Waals surface area contributed by atoms with E-state index in [0.717, 1.165) is 0 Å². The van der Waals surface area contributed by atoms with E-state index in [0.29, 0.717) is 37.4 Å². The average Bonchev–Trinajstić information content (AvgIpc) is 2.96. The lowest BCUT2D eigenvalue weighted by Gasteiger charge is -2.41. The summed E-state index contributed by atoms with van der Waals surface area (Å²) < 4.78 is 17.2. The quantitative estimate of drug-likeness (QED) is 0.605. The molecule has 0 spiro atoms. The van der Waals surface area contributed by atoms with Crippen molar-refractivity contribution in [2.75, 3.05) is 0 Å². The highest BCUT2D eigenvalue weighted by atomic mass is 35.5. The van der Waals surface area contributed by atoms with E-state index >= 15 is 0 Å². The molecule has 0 amide bonds. The molecule has 136 valence electrons. The number of hydrogen-bond acceptors (Lipinski definition) is 5. The van der Waals surface area contributed by atoms with E-state index in [1.54, 1.807) is 44.2 Å². The van der Waals surface area contributed by atoms with Crippen molar-refractivity contribution in [1.82, 2.24) is 5.16 Å². The molecule has 0 bridgehead atoms. The molecule has 1 aromatic heterocycles. The Kier molecular flexibility index (Phi) is 4.23. The van der Waals surface area contributed by atoms with E-state index in [1.807, 2.05) is 0 Å². The van der Waals surface area contributed by atoms with Crippen LogP contribution >= 0.6 is 34.8 Å². The molecule has 0 saturated heterocycles. The molecule has 4 rings (SSSR count). The summed E-state index contributed by atoms with van der Waals surface area (Å²) in [6.45, 7) is 3.53. The summed E-state index contributed by atoms with van der Waals surface area (Å²) in [6, 6.07) is 8.34. The standard InChI is InChI=1S/C18H14Cl3NO4/c1-18(2)16(23)15(10-6-11(20)12(21)7-13(10)25-18)24-17-9-4-3-8(19)5-14(9)26-22-17/h3-7,15-16,23H,1-2H3/t15-,16+/m1/s1. The zero-order chi connectivity index (χ0) is 18.6. The SMILES string of the molecule is CC1(C)Oc2cc(Cl)c(Cl)cc2[C@@H](Oc2noc3cc(Cl)ccc23)[C@@H]1O. The van der Waals surface area contributed by atoms with Gasteiger partial charge in [-0.25, -0.2) is 0 Å². The van der Waals surface area contributed by atoms with E-state index in [1.165, 1.54) is 0 Å². The van der Waals surface area contributed by atoms with Crippen LogP contribution in [0.15, 0.2) is 34.9 Å². The van der Waals surface area contributed by atoms with Gasteiger partial charge in [0.1, 0.15) is 17.5 Å². The van der Waals surface area contributed by atoms with Crippen molar-refractivity contribution in [3.8, 4) is 11.6 Å². The Morgan fingerprint density at radius 2 is 1.85 bits per heavy atom. The smallest absolute Gasteiger partial charge is 0.262 e. The predicted molar refractivity (Wildman–Crippen MR) is 99.6 cm³/mol. The Labute approximate surface area is 164 Å². The van der Waals surface area contributed by atoms with Gasteiger partial charge in [-0.05, 0) is 37.2 Å². The second kappa shape index (κ2) is 6.20. The second-order valence-electron chi connectivity index (χ2n) is 6.62. The number of ether oxygens (including phenoxy) is 2. The maximum Gasteiger partial charge on any atom is 0.262 e. The number of aliphatic hydroxyl groups is 1. The highest BCUT2D eigenvalue weighted by Crippen LogP contribution is 2.45. The molecule has 1 N–H and O–H groups in total. The first-order chi connectivity index (χ1) is 12.3. The minimum absolute atomic E-state index is 0.246. The summed E-state index contributed by atoms with van der Waals surface area (Å²) >= 11 is 18.2. The molecule has 0 radical (unpaired) electrons. The lowest BCUT2D eigenvalue weighted by atomic mass is 9.88. The van der Waals surface area contributed by atoms with E-state index in [4.69, 9.17) is 48.8 Å². The lowest BCUT2D eigenvalue weighted by Crippen LogP contribution is -2.50. The predicted octanol–water partition coefficient (Wildman–Crippen LogP) is 5.44. The molecule has 0 saturated carbocycles. The highest BCUT2D eigenvalue weighted by molar-refractivity contribution is 6.42. The Morgan fingerprint density at radius 3 is 2.62 bits per heavy atom. The largest absolute Gasteiger partial charge is 0.485 e. The van der Waals surface area contributed by atoms with Crippen LogP contribution in [0.3, 0.4) is 0 Å². The number of halogens is 3. The van der Waals surface area contributed by atoms with E-state index in [2.05, 4.69) is 5.16 Å². The molecule has 26 heavy (non-hydrogen) atoms. The van der Waals surface area contributed by atoms with Crippen LogP contribution < -0.4 is 9.47 Å². The number of aromatic nitrogens is 1. The molecule has 1 aliphatic heterocycles. The van der Waals surface area contributed by atoms with Crippen molar-refractivity contribution < 1.29 is 19.1 Å². The number of rotatable bonds is 2. The summed E-state index contributed by atoms with van der Waals surface area (Å²) in [5.74, 6) is 0.742. The molecule has 8 heteroatoms. The fraction of sp³-hybridized carbons (Fsp3) is 0.278. The molecular formula is C18H14Cl3NO4. The average molecular weight is 415 g/mol. The van der Waals surface area contributed by atoms with Crippen LogP contribution in [0.4, 0.5) is 0 Å². The third-order valence-electron chi connectivity index (χ3n) is 4.37. The molecule has 5 nitrogen and oxygen atoms in total. The van der Waals surface area contributed by atoms with Gasteiger partial charge in [0.05, 0.1) is 15.4 Å². The highest BCUT2D eigenvalue weighted by Gasteiger charge is 2.45. The molecule has 2 aromatic carbocycles. The Morgan fingerprint density at radius 1 is 1.12 bits per heavy atom. The summed E-state index contributed by atoms with van der Waals surface area (Å²) in [4.78, 5) is 0. The van der Waals surface area contributed by atoms with Crippen molar-refractivity contribution in [2.45, 2.75) is 31.7 Å². The molecule has 3 aromatic rings. The van der Waals surface area contributed by atoms with Crippen molar-refractivity contribution in [3.63, 3.8) is 0 Å². The van der Waals surface area contributed by atoms with Gasteiger partial charge in [-0.1, -0.05) is 34.8 Å². The third kappa shape index (κ3) is 2.89. The zero-order valence-electron chi connectivity index (χ0n) is 13.8. The van der Waals surface area contributed by atoms with Gasteiger partial charge in [0, 0.05) is 22.7 Å². The number of fused-ring (bicyclic) bond motifs is 2. The number of nitrogens with zero attached hydrogens (tertiary/aromatic N) is 1. The van der Waals surface area contributed by atoms with E-state index in [-0.39, 0.29) is 5.88 Å². The van der Waals surface area contributed by atoms with Crippen LogP contribution in [-0.2, 0) is 0 Å². The Bertz CT molecular complexity index is 1000. The minimum Gasteiger partial charge on any atom is -0.485 e. The van der Waals surface area contributed by atoms with Gasteiger partial charge >= 0.3 is 0 Å². The zero-order valence-corrected chi connectivity index (χ0v) is 16.1. The van der Waals surface area contributed by atoms with Gasteiger partial charge < -0.3 is 19.1 Å².